The number of carbonyl (C=O) groups excluding carboxylic acids is 1. The Balaban J connectivity index is 1.62. The van der Waals surface area contributed by atoms with Gasteiger partial charge in [-0.1, -0.05) is 6.92 Å². The molecular formula is C19H23N5OS. The quantitative estimate of drug-likeness (QED) is 0.659. The second-order valence-corrected chi connectivity index (χ2v) is 8.78. The van der Waals surface area contributed by atoms with Crippen LogP contribution in [0.25, 0.3) is 15.9 Å². The largest absolute Gasteiger partial charge is 0.336 e. The topological polar surface area (TPSA) is 63.4 Å². The van der Waals surface area contributed by atoms with Crippen molar-refractivity contribution in [3.8, 4) is 0 Å². The monoisotopic (exact) mass is 369 g/mol. The average Bonchev–Trinajstić information content (AvgIpc) is 3.23. The zero-order chi connectivity index (χ0) is 17.8. The van der Waals surface area contributed by atoms with Crippen LogP contribution in [-0.2, 0) is 12.8 Å². The van der Waals surface area contributed by atoms with Gasteiger partial charge in [0.05, 0.1) is 5.39 Å². The van der Waals surface area contributed by atoms with Gasteiger partial charge in [0, 0.05) is 18.0 Å². The van der Waals surface area contributed by atoms with Crippen molar-refractivity contribution in [3.63, 3.8) is 0 Å². The van der Waals surface area contributed by atoms with E-state index < -0.39 is 0 Å². The Bertz CT molecular complexity index is 1010. The first-order valence-corrected chi connectivity index (χ1v) is 10.4. The Morgan fingerprint density at radius 2 is 1.92 bits per heavy atom. The molecule has 0 radical (unpaired) electrons. The normalized spacial score (nSPS) is 18.6. The number of fused-ring (bicyclic) bond motifs is 5. The van der Waals surface area contributed by atoms with Crippen LogP contribution in [0.15, 0.2) is 0 Å². The van der Waals surface area contributed by atoms with E-state index >= 15 is 0 Å². The van der Waals surface area contributed by atoms with E-state index in [-0.39, 0.29) is 5.91 Å². The van der Waals surface area contributed by atoms with E-state index in [2.05, 4.69) is 12.0 Å². The summed E-state index contributed by atoms with van der Waals surface area (Å²) in [5, 5.41) is 5.66. The first-order valence-electron chi connectivity index (χ1n) is 9.58. The minimum absolute atomic E-state index is 0.0442. The summed E-state index contributed by atoms with van der Waals surface area (Å²) in [4.78, 5) is 26.8. The highest BCUT2D eigenvalue weighted by molar-refractivity contribution is 7.19. The first kappa shape index (κ1) is 16.2. The minimum Gasteiger partial charge on any atom is -0.336 e. The van der Waals surface area contributed by atoms with Crippen LogP contribution in [0.4, 0.5) is 0 Å². The molecule has 1 aliphatic heterocycles. The Kier molecular flexibility index (Phi) is 3.74. The van der Waals surface area contributed by atoms with Crippen LogP contribution in [0, 0.1) is 12.8 Å². The fourth-order valence-corrected chi connectivity index (χ4v) is 5.50. The molecule has 0 spiro atoms. The Morgan fingerprint density at radius 1 is 1.15 bits per heavy atom. The van der Waals surface area contributed by atoms with Gasteiger partial charge in [-0.3, -0.25) is 4.79 Å². The highest BCUT2D eigenvalue weighted by Crippen LogP contribution is 2.37. The molecule has 26 heavy (non-hydrogen) atoms. The van der Waals surface area contributed by atoms with Gasteiger partial charge < -0.3 is 4.90 Å². The number of hydrogen-bond donors (Lipinski definition) is 0. The lowest BCUT2D eigenvalue weighted by Crippen LogP contribution is -2.38. The van der Waals surface area contributed by atoms with Crippen LogP contribution in [0.2, 0.25) is 0 Å². The summed E-state index contributed by atoms with van der Waals surface area (Å²) in [5.74, 6) is 1.76. The predicted molar refractivity (Wildman–Crippen MR) is 102 cm³/mol. The van der Waals surface area contributed by atoms with Gasteiger partial charge in [-0.15, -0.1) is 16.4 Å². The maximum absolute atomic E-state index is 12.9. The third-order valence-corrected chi connectivity index (χ3v) is 7.00. The highest BCUT2D eigenvalue weighted by Gasteiger charge is 2.27. The van der Waals surface area contributed by atoms with Gasteiger partial charge in [-0.2, -0.15) is 4.52 Å². The van der Waals surface area contributed by atoms with Crippen molar-refractivity contribution in [2.24, 2.45) is 5.92 Å². The van der Waals surface area contributed by atoms with E-state index in [1.165, 1.54) is 23.3 Å². The first-order chi connectivity index (χ1) is 12.6. The average molecular weight is 369 g/mol. The van der Waals surface area contributed by atoms with E-state index in [0.29, 0.717) is 11.7 Å². The maximum Gasteiger partial charge on any atom is 0.293 e. The molecule has 3 aromatic rings. The fourth-order valence-electron chi connectivity index (χ4n) is 4.20. The van der Waals surface area contributed by atoms with Crippen molar-refractivity contribution in [2.75, 3.05) is 13.1 Å². The van der Waals surface area contributed by atoms with Crippen molar-refractivity contribution < 1.29 is 4.79 Å². The summed E-state index contributed by atoms with van der Waals surface area (Å²) in [6, 6.07) is 0. The number of aryl methyl sites for hydroxylation is 3. The standard InChI is InChI=1S/C19H23N5OS/c1-11-7-9-23(10-8-11)19(25)16-21-17-15-13-5-3-4-6-14(13)26-18(15)20-12(2)24(17)22-16/h11H,3-10H2,1-2H3. The number of hydrogen-bond acceptors (Lipinski definition) is 5. The van der Waals surface area contributed by atoms with Crippen LogP contribution in [0.1, 0.15) is 59.5 Å². The molecule has 6 nitrogen and oxygen atoms in total. The van der Waals surface area contributed by atoms with Crippen molar-refractivity contribution in [1.29, 1.82) is 0 Å². The summed E-state index contributed by atoms with van der Waals surface area (Å²) < 4.78 is 1.77. The van der Waals surface area contributed by atoms with Crippen LogP contribution < -0.4 is 0 Å². The van der Waals surface area contributed by atoms with Gasteiger partial charge in [-0.25, -0.2) is 9.97 Å². The molecule has 0 atom stereocenters. The number of thiophene rings is 1. The van der Waals surface area contributed by atoms with Crippen LogP contribution >= 0.6 is 11.3 Å². The highest BCUT2D eigenvalue weighted by atomic mass is 32.1. The second kappa shape index (κ2) is 6.01. The maximum atomic E-state index is 12.9. The van der Waals surface area contributed by atoms with Gasteiger partial charge in [0.1, 0.15) is 10.7 Å². The zero-order valence-electron chi connectivity index (χ0n) is 15.3. The molecule has 136 valence electrons. The Labute approximate surface area is 156 Å². The summed E-state index contributed by atoms with van der Waals surface area (Å²) in [6.07, 6.45) is 6.79. The number of rotatable bonds is 1. The molecule has 0 bridgehead atoms. The smallest absolute Gasteiger partial charge is 0.293 e. The van der Waals surface area contributed by atoms with E-state index in [9.17, 15) is 4.79 Å². The number of aromatic nitrogens is 4. The number of nitrogens with zero attached hydrogens (tertiary/aromatic N) is 5. The molecule has 4 heterocycles. The molecule has 5 rings (SSSR count). The molecular weight excluding hydrogens is 346 g/mol. The van der Waals surface area contributed by atoms with Crippen LogP contribution in [0.5, 0.6) is 0 Å². The van der Waals surface area contributed by atoms with Crippen molar-refractivity contribution in [2.45, 2.75) is 52.4 Å². The van der Waals surface area contributed by atoms with Gasteiger partial charge in [-0.05, 0) is 56.9 Å². The van der Waals surface area contributed by atoms with Crippen LogP contribution in [0.3, 0.4) is 0 Å². The number of carbonyl (C=O) groups is 1. The van der Waals surface area contributed by atoms with Gasteiger partial charge in [0.25, 0.3) is 5.91 Å². The molecule has 1 amide bonds. The summed E-state index contributed by atoms with van der Waals surface area (Å²) in [7, 11) is 0. The van der Waals surface area contributed by atoms with Crippen molar-refractivity contribution >= 4 is 33.1 Å². The van der Waals surface area contributed by atoms with Crippen molar-refractivity contribution in [1.82, 2.24) is 24.5 Å². The van der Waals surface area contributed by atoms with Gasteiger partial charge >= 0.3 is 0 Å². The molecule has 3 aromatic heterocycles. The number of piperidine rings is 1. The summed E-state index contributed by atoms with van der Waals surface area (Å²) >= 11 is 1.79. The van der Waals surface area contributed by atoms with E-state index in [4.69, 9.17) is 9.97 Å². The SMILES string of the molecule is Cc1nc2sc3c(c2c2nc(C(=O)N4CCC(C)CC4)nn12)CCCC3. The molecule has 1 fully saturated rings. The fraction of sp³-hybridized carbons (Fsp3) is 0.579. The lowest BCUT2D eigenvalue weighted by molar-refractivity contribution is 0.0685. The summed E-state index contributed by atoms with van der Waals surface area (Å²) in [6.45, 7) is 5.79. The predicted octanol–water partition coefficient (Wildman–Crippen LogP) is 3.40. The lowest BCUT2D eigenvalue weighted by atomic mass is 9.97. The molecule has 0 saturated carbocycles. The molecule has 0 aromatic carbocycles. The van der Waals surface area contributed by atoms with E-state index in [1.54, 1.807) is 15.9 Å². The Hall–Kier alpha value is -2.02. The minimum atomic E-state index is -0.0442. The van der Waals surface area contributed by atoms with Gasteiger partial charge in [0.15, 0.2) is 5.65 Å². The van der Waals surface area contributed by atoms with E-state index in [1.807, 2.05) is 11.8 Å². The Morgan fingerprint density at radius 3 is 2.73 bits per heavy atom. The van der Waals surface area contributed by atoms with Gasteiger partial charge in [0.2, 0.25) is 5.82 Å². The molecule has 7 heteroatoms. The van der Waals surface area contributed by atoms with E-state index in [0.717, 1.165) is 60.5 Å². The number of amides is 1. The third-order valence-electron chi connectivity index (χ3n) is 5.82. The zero-order valence-corrected chi connectivity index (χ0v) is 16.1. The molecule has 2 aliphatic rings. The summed E-state index contributed by atoms with van der Waals surface area (Å²) in [5.41, 5.74) is 2.19. The molecule has 0 unspecified atom stereocenters. The molecule has 1 aliphatic carbocycles. The molecule has 1 saturated heterocycles. The number of likely N-dealkylation sites (tertiary alicyclic amines) is 1. The van der Waals surface area contributed by atoms with Crippen LogP contribution in [-0.4, -0.2) is 43.5 Å². The molecule has 0 N–H and O–H groups in total. The second-order valence-electron chi connectivity index (χ2n) is 7.70. The third kappa shape index (κ3) is 2.44. The van der Waals surface area contributed by atoms with Crippen molar-refractivity contribution in [3.05, 3.63) is 22.1 Å². The lowest BCUT2D eigenvalue weighted by Gasteiger charge is -2.29.